The van der Waals surface area contributed by atoms with E-state index in [1.165, 1.54) is 13.8 Å². The molecule has 0 aliphatic carbocycles. The van der Waals surface area contributed by atoms with Crippen molar-refractivity contribution in [3.05, 3.63) is 82.7 Å². The molecule has 2 aromatic carbocycles. The Balaban J connectivity index is 1.81. The van der Waals surface area contributed by atoms with E-state index in [9.17, 15) is 9.18 Å². The Hall–Kier alpha value is -3.39. The maximum atomic E-state index is 15.5. The van der Waals surface area contributed by atoms with Gasteiger partial charge < -0.3 is 5.11 Å². The average Bonchev–Trinajstić information content (AvgIpc) is 3.25. The van der Waals surface area contributed by atoms with Gasteiger partial charge in [-0.3, -0.25) is 9.58 Å². The lowest BCUT2D eigenvalue weighted by atomic mass is 9.82. The normalized spacial score (nSPS) is 18.3. The summed E-state index contributed by atoms with van der Waals surface area (Å²) in [4.78, 5) is 12.7. The topological polar surface area (TPSA) is 58.4 Å². The molecule has 0 unspecified atom stereocenters. The molecule has 0 spiro atoms. The van der Waals surface area contributed by atoms with Crippen LogP contribution in [0.4, 0.5) is 13.2 Å². The first-order valence-corrected chi connectivity index (χ1v) is 12.8. The molecule has 1 aliphatic heterocycles. The largest absolute Gasteiger partial charge is 0.478 e. The molecule has 0 fully saturated rings. The number of benzene rings is 2. The van der Waals surface area contributed by atoms with Crippen LogP contribution in [0.1, 0.15) is 62.9 Å². The van der Waals surface area contributed by atoms with Gasteiger partial charge in [0.25, 0.3) is 0 Å². The standard InChI is InChI=1S/C30H34F3N3O2/c1-18(2)15-35-16-23(14-34-35)21-7-8-24-22(13-21)10-19(3)36(17-30(4,5)33)29(24)28-25(31)11-20(12-26(28)32)6-9-27(37)38/h6-9,11-14,16,18-19,29H,10,15,17H2,1-5H3,(H,37,38)/b9-6+/t19-,29+/m1/s1. The third-order valence-corrected chi connectivity index (χ3v) is 6.72. The number of fused-ring (bicyclic) bond motifs is 1. The Bertz CT molecular complexity index is 1330. The van der Waals surface area contributed by atoms with Crippen molar-refractivity contribution in [2.45, 2.75) is 65.3 Å². The molecule has 1 aliphatic rings. The number of carbonyl (C=O) groups is 1. The molecule has 0 amide bonds. The average molecular weight is 526 g/mol. The Kier molecular flexibility index (Phi) is 7.83. The minimum Gasteiger partial charge on any atom is -0.478 e. The highest BCUT2D eigenvalue weighted by atomic mass is 19.1. The van der Waals surface area contributed by atoms with Crippen molar-refractivity contribution >= 4 is 12.0 Å². The number of aliphatic carboxylic acids is 1. The smallest absolute Gasteiger partial charge is 0.328 e. The number of alkyl halides is 1. The molecule has 5 nitrogen and oxygen atoms in total. The molecule has 1 N–H and O–H groups in total. The lowest BCUT2D eigenvalue weighted by Crippen LogP contribution is -2.48. The second-order valence-corrected chi connectivity index (χ2v) is 11.2. The molecule has 2 heterocycles. The number of hydrogen-bond acceptors (Lipinski definition) is 3. The van der Waals surface area contributed by atoms with Gasteiger partial charge >= 0.3 is 5.97 Å². The van der Waals surface area contributed by atoms with Gasteiger partial charge in [0.2, 0.25) is 0 Å². The number of halogens is 3. The molecule has 8 heteroatoms. The van der Waals surface area contributed by atoms with Crippen LogP contribution in [-0.2, 0) is 17.8 Å². The van der Waals surface area contributed by atoms with Crippen molar-refractivity contribution in [3.63, 3.8) is 0 Å². The summed E-state index contributed by atoms with van der Waals surface area (Å²) in [6.45, 7) is 9.89. The van der Waals surface area contributed by atoms with Crippen LogP contribution in [0.2, 0.25) is 0 Å². The van der Waals surface area contributed by atoms with E-state index in [-0.39, 0.29) is 23.7 Å². The molecule has 0 bridgehead atoms. The molecular weight excluding hydrogens is 491 g/mol. The highest BCUT2D eigenvalue weighted by Gasteiger charge is 2.39. The monoisotopic (exact) mass is 525 g/mol. The number of hydrogen-bond donors (Lipinski definition) is 1. The van der Waals surface area contributed by atoms with E-state index in [1.54, 1.807) is 0 Å². The van der Waals surface area contributed by atoms with Crippen LogP contribution >= 0.6 is 0 Å². The zero-order valence-corrected chi connectivity index (χ0v) is 22.4. The number of carboxylic acid groups (broad SMARTS) is 1. The first-order valence-electron chi connectivity index (χ1n) is 12.8. The fourth-order valence-corrected chi connectivity index (χ4v) is 5.22. The van der Waals surface area contributed by atoms with Gasteiger partial charge in [0.05, 0.1) is 12.2 Å². The number of carboxylic acids is 1. The maximum absolute atomic E-state index is 15.5. The molecule has 0 saturated heterocycles. The van der Waals surface area contributed by atoms with Gasteiger partial charge in [-0.05, 0) is 73.6 Å². The van der Waals surface area contributed by atoms with Crippen LogP contribution < -0.4 is 0 Å². The second-order valence-electron chi connectivity index (χ2n) is 11.2. The van der Waals surface area contributed by atoms with E-state index < -0.39 is 29.3 Å². The predicted octanol–water partition coefficient (Wildman–Crippen LogP) is 6.67. The Morgan fingerprint density at radius 1 is 1.18 bits per heavy atom. The van der Waals surface area contributed by atoms with E-state index >= 15 is 8.78 Å². The van der Waals surface area contributed by atoms with E-state index in [2.05, 4.69) is 18.9 Å². The molecule has 0 radical (unpaired) electrons. The quantitative estimate of drug-likeness (QED) is 0.334. The van der Waals surface area contributed by atoms with Crippen molar-refractivity contribution < 1.29 is 23.1 Å². The summed E-state index contributed by atoms with van der Waals surface area (Å²) in [5.74, 6) is -2.37. The second kappa shape index (κ2) is 10.8. The van der Waals surface area contributed by atoms with E-state index in [4.69, 9.17) is 5.11 Å². The SMILES string of the molecule is CC(C)Cn1cc(-c2ccc3c(c2)C[C@@H](C)N(CC(C)(C)F)[C@@H]3c2c(F)cc(/C=C/C(=O)O)cc2F)cn1. The van der Waals surface area contributed by atoms with Gasteiger partial charge in [0, 0.05) is 42.5 Å². The molecule has 3 aromatic rings. The van der Waals surface area contributed by atoms with Gasteiger partial charge in [-0.25, -0.2) is 18.0 Å². The minimum atomic E-state index is -1.59. The summed E-state index contributed by atoms with van der Waals surface area (Å²) in [6.07, 6.45) is 6.37. The van der Waals surface area contributed by atoms with Crippen LogP contribution in [0.3, 0.4) is 0 Å². The van der Waals surface area contributed by atoms with Gasteiger partial charge in [-0.2, -0.15) is 5.10 Å². The van der Waals surface area contributed by atoms with Crippen LogP contribution in [0.25, 0.3) is 17.2 Å². The zero-order chi connectivity index (χ0) is 27.8. The van der Waals surface area contributed by atoms with Crippen LogP contribution in [-0.4, -0.2) is 44.0 Å². The molecule has 1 aromatic heterocycles. The van der Waals surface area contributed by atoms with Crippen LogP contribution in [0.15, 0.2) is 48.8 Å². The summed E-state index contributed by atoms with van der Waals surface area (Å²) >= 11 is 0. The predicted molar refractivity (Wildman–Crippen MR) is 142 cm³/mol. The minimum absolute atomic E-state index is 0.0124. The number of rotatable bonds is 8. The highest BCUT2D eigenvalue weighted by Crippen LogP contribution is 2.42. The fourth-order valence-electron chi connectivity index (χ4n) is 5.22. The van der Waals surface area contributed by atoms with Gasteiger partial charge in [0.15, 0.2) is 0 Å². The van der Waals surface area contributed by atoms with Gasteiger partial charge in [0.1, 0.15) is 17.3 Å². The first kappa shape index (κ1) is 27.6. The van der Waals surface area contributed by atoms with Crippen molar-refractivity contribution in [1.29, 1.82) is 0 Å². The Labute approximate surface area is 221 Å². The summed E-state index contributed by atoms with van der Waals surface area (Å²) in [5.41, 5.74) is 1.91. The molecule has 38 heavy (non-hydrogen) atoms. The van der Waals surface area contributed by atoms with Crippen molar-refractivity contribution in [1.82, 2.24) is 14.7 Å². The Morgan fingerprint density at radius 2 is 1.87 bits per heavy atom. The lowest BCUT2D eigenvalue weighted by Gasteiger charge is -2.44. The van der Waals surface area contributed by atoms with Crippen molar-refractivity contribution in [2.24, 2.45) is 5.92 Å². The molecule has 202 valence electrons. The Morgan fingerprint density at radius 3 is 2.47 bits per heavy atom. The van der Waals surface area contributed by atoms with Gasteiger partial charge in [-0.1, -0.05) is 32.0 Å². The number of aromatic nitrogens is 2. The highest BCUT2D eigenvalue weighted by molar-refractivity contribution is 5.85. The van der Waals surface area contributed by atoms with Crippen molar-refractivity contribution in [2.75, 3.05) is 6.54 Å². The summed E-state index contributed by atoms with van der Waals surface area (Å²) < 4.78 is 47.9. The lowest BCUT2D eigenvalue weighted by molar-refractivity contribution is -0.131. The van der Waals surface area contributed by atoms with E-state index in [1.807, 2.05) is 47.1 Å². The maximum Gasteiger partial charge on any atom is 0.328 e. The molecular formula is C30H34F3N3O2. The van der Waals surface area contributed by atoms with Crippen LogP contribution in [0.5, 0.6) is 0 Å². The number of nitrogens with zero attached hydrogens (tertiary/aromatic N) is 3. The van der Waals surface area contributed by atoms with E-state index in [0.717, 1.165) is 53.1 Å². The van der Waals surface area contributed by atoms with Crippen LogP contribution in [0, 0.1) is 17.6 Å². The zero-order valence-electron chi connectivity index (χ0n) is 22.4. The summed E-state index contributed by atoms with van der Waals surface area (Å²) in [5, 5.41) is 13.3. The van der Waals surface area contributed by atoms with E-state index in [0.29, 0.717) is 12.3 Å². The summed E-state index contributed by atoms with van der Waals surface area (Å²) in [7, 11) is 0. The third-order valence-electron chi connectivity index (χ3n) is 6.72. The fraction of sp³-hybridized carbons (Fsp3) is 0.400. The van der Waals surface area contributed by atoms with Gasteiger partial charge in [-0.15, -0.1) is 0 Å². The molecule has 4 rings (SSSR count). The third kappa shape index (κ3) is 6.18. The molecule has 2 atom stereocenters. The van der Waals surface area contributed by atoms with Crippen molar-refractivity contribution in [3.8, 4) is 11.1 Å². The molecule has 0 saturated carbocycles. The summed E-state index contributed by atoms with van der Waals surface area (Å²) in [6, 6.07) is 7.02. The first-order chi connectivity index (χ1) is 17.8.